The van der Waals surface area contributed by atoms with Crippen LogP contribution in [-0.2, 0) is 0 Å². The van der Waals surface area contributed by atoms with E-state index in [-0.39, 0.29) is 6.04 Å². The molecule has 0 fully saturated rings. The molecule has 0 aromatic carbocycles. The lowest BCUT2D eigenvalue weighted by Gasteiger charge is -2.14. The molecule has 0 amide bonds. The number of hydrazine groups is 1. The first-order valence-corrected chi connectivity index (χ1v) is 7.24. The fourth-order valence-corrected chi connectivity index (χ4v) is 3.08. The molecule has 1 heterocycles. The Bertz CT molecular complexity index is 288. The van der Waals surface area contributed by atoms with Crippen molar-refractivity contribution >= 4 is 22.9 Å². The summed E-state index contributed by atoms with van der Waals surface area (Å²) in [5, 5.41) is 2.85. The first-order chi connectivity index (χ1) is 7.79. The first kappa shape index (κ1) is 14.0. The number of hydrogen-bond donors (Lipinski definition) is 2. The third-order valence-electron chi connectivity index (χ3n) is 2.76. The summed E-state index contributed by atoms with van der Waals surface area (Å²) in [7, 11) is 0. The lowest BCUT2D eigenvalue weighted by Crippen LogP contribution is -2.27. The van der Waals surface area contributed by atoms with Gasteiger partial charge < -0.3 is 0 Å². The number of nitrogens with one attached hydrogen (secondary N) is 1. The van der Waals surface area contributed by atoms with Crippen molar-refractivity contribution in [2.45, 2.75) is 51.5 Å². The molecule has 0 aliphatic rings. The van der Waals surface area contributed by atoms with Crippen molar-refractivity contribution in [3.8, 4) is 0 Å². The second-order valence-corrected chi connectivity index (χ2v) is 5.41. The molecule has 0 bridgehead atoms. The first-order valence-electron chi connectivity index (χ1n) is 5.98. The standard InChI is InChI=1S/C12H21ClN2S/c1-2-3-4-5-6-7-11(15-14)12-10(13)8-9-16-12/h8-9,11,15H,2-7,14H2,1H3. The summed E-state index contributed by atoms with van der Waals surface area (Å²) in [5.74, 6) is 5.57. The van der Waals surface area contributed by atoms with Crippen molar-refractivity contribution in [2.24, 2.45) is 5.84 Å². The fraction of sp³-hybridized carbons (Fsp3) is 0.667. The van der Waals surface area contributed by atoms with Crippen LogP contribution in [0.1, 0.15) is 56.4 Å². The Labute approximate surface area is 107 Å². The van der Waals surface area contributed by atoms with E-state index >= 15 is 0 Å². The summed E-state index contributed by atoms with van der Waals surface area (Å²) >= 11 is 7.77. The molecule has 1 unspecified atom stereocenters. The van der Waals surface area contributed by atoms with Crippen LogP contribution in [0.4, 0.5) is 0 Å². The van der Waals surface area contributed by atoms with Gasteiger partial charge in [-0.2, -0.15) is 0 Å². The van der Waals surface area contributed by atoms with E-state index in [0.29, 0.717) is 0 Å². The summed E-state index contributed by atoms with van der Waals surface area (Å²) in [6.45, 7) is 2.23. The molecule has 4 heteroatoms. The van der Waals surface area contributed by atoms with Crippen LogP contribution in [0.5, 0.6) is 0 Å². The predicted molar refractivity (Wildman–Crippen MR) is 72.8 cm³/mol. The van der Waals surface area contributed by atoms with Gasteiger partial charge in [0.05, 0.1) is 11.1 Å². The van der Waals surface area contributed by atoms with E-state index in [4.69, 9.17) is 17.4 Å². The normalized spacial score (nSPS) is 12.9. The van der Waals surface area contributed by atoms with Crippen molar-refractivity contribution in [1.82, 2.24) is 5.43 Å². The molecular formula is C12H21ClN2S. The van der Waals surface area contributed by atoms with E-state index in [9.17, 15) is 0 Å². The van der Waals surface area contributed by atoms with Gasteiger partial charge in [0.2, 0.25) is 0 Å². The number of halogens is 1. The van der Waals surface area contributed by atoms with E-state index in [0.717, 1.165) is 11.4 Å². The SMILES string of the molecule is CCCCCCCC(NN)c1sccc1Cl. The van der Waals surface area contributed by atoms with Crippen LogP contribution in [-0.4, -0.2) is 0 Å². The maximum atomic E-state index is 6.09. The molecule has 16 heavy (non-hydrogen) atoms. The number of hydrogen-bond acceptors (Lipinski definition) is 3. The van der Waals surface area contributed by atoms with Crippen molar-refractivity contribution in [2.75, 3.05) is 0 Å². The van der Waals surface area contributed by atoms with Gasteiger partial charge in [0.25, 0.3) is 0 Å². The molecule has 0 spiro atoms. The van der Waals surface area contributed by atoms with Crippen LogP contribution in [0.2, 0.25) is 5.02 Å². The molecule has 0 saturated heterocycles. The summed E-state index contributed by atoms with van der Waals surface area (Å²) in [5.41, 5.74) is 2.86. The minimum atomic E-state index is 0.217. The Kier molecular flexibility index (Phi) is 7.05. The summed E-state index contributed by atoms with van der Waals surface area (Å²) in [6.07, 6.45) is 7.51. The highest BCUT2D eigenvalue weighted by atomic mass is 35.5. The monoisotopic (exact) mass is 260 g/mol. The average Bonchev–Trinajstić information content (AvgIpc) is 2.70. The summed E-state index contributed by atoms with van der Waals surface area (Å²) in [4.78, 5) is 1.17. The lowest BCUT2D eigenvalue weighted by molar-refractivity contribution is 0.485. The highest BCUT2D eigenvalue weighted by Gasteiger charge is 2.13. The summed E-state index contributed by atoms with van der Waals surface area (Å²) < 4.78 is 0. The van der Waals surface area contributed by atoms with E-state index in [1.54, 1.807) is 11.3 Å². The molecule has 0 radical (unpaired) electrons. The van der Waals surface area contributed by atoms with Crippen molar-refractivity contribution in [3.63, 3.8) is 0 Å². The van der Waals surface area contributed by atoms with E-state index < -0.39 is 0 Å². The third-order valence-corrected chi connectivity index (χ3v) is 4.23. The number of rotatable bonds is 8. The van der Waals surface area contributed by atoms with E-state index in [1.807, 2.05) is 11.4 Å². The molecule has 3 N–H and O–H groups in total. The van der Waals surface area contributed by atoms with Crippen LogP contribution in [0.3, 0.4) is 0 Å². The maximum Gasteiger partial charge on any atom is 0.0568 e. The second-order valence-electron chi connectivity index (χ2n) is 4.05. The Morgan fingerprint density at radius 1 is 1.38 bits per heavy atom. The van der Waals surface area contributed by atoms with Crippen LogP contribution >= 0.6 is 22.9 Å². The zero-order chi connectivity index (χ0) is 11.8. The number of unbranched alkanes of at least 4 members (excludes halogenated alkanes) is 4. The molecule has 0 aliphatic heterocycles. The molecule has 1 atom stereocenters. The highest BCUT2D eigenvalue weighted by molar-refractivity contribution is 7.10. The van der Waals surface area contributed by atoms with Gasteiger partial charge >= 0.3 is 0 Å². The smallest absolute Gasteiger partial charge is 0.0568 e. The van der Waals surface area contributed by atoms with Gasteiger partial charge in [-0.25, -0.2) is 0 Å². The van der Waals surface area contributed by atoms with Crippen molar-refractivity contribution in [1.29, 1.82) is 0 Å². The van der Waals surface area contributed by atoms with E-state index in [2.05, 4.69) is 12.3 Å². The zero-order valence-electron chi connectivity index (χ0n) is 9.84. The molecule has 1 aromatic heterocycles. The zero-order valence-corrected chi connectivity index (χ0v) is 11.4. The Balaban J connectivity index is 2.30. The highest BCUT2D eigenvalue weighted by Crippen LogP contribution is 2.31. The Morgan fingerprint density at radius 3 is 2.69 bits per heavy atom. The van der Waals surface area contributed by atoms with Crippen LogP contribution in [0.25, 0.3) is 0 Å². The minimum Gasteiger partial charge on any atom is -0.271 e. The molecule has 2 nitrogen and oxygen atoms in total. The van der Waals surface area contributed by atoms with Crippen LogP contribution in [0.15, 0.2) is 11.4 Å². The topological polar surface area (TPSA) is 38.0 Å². The number of thiophene rings is 1. The third kappa shape index (κ3) is 4.42. The van der Waals surface area contributed by atoms with Gasteiger partial charge in [0.15, 0.2) is 0 Å². The Morgan fingerprint density at radius 2 is 2.12 bits per heavy atom. The molecule has 92 valence electrons. The quantitative estimate of drug-likeness (QED) is 0.416. The Hall–Kier alpha value is -0.0900. The minimum absolute atomic E-state index is 0.217. The molecular weight excluding hydrogens is 240 g/mol. The van der Waals surface area contributed by atoms with Crippen molar-refractivity contribution in [3.05, 3.63) is 21.3 Å². The fourth-order valence-electron chi connectivity index (χ4n) is 1.80. The predicted octanol–water partition coefficient (Wildman–Crippen LogP) is 4.27. The van der Waals surface area contributed by atoms with Gasteiger partial charge in [-0.15, -0.1) is 11.3 Å². The van der Waals surface area contributed by atoms with Crippen LogP contribution < -0.4 is 11.3 Å². The maximum absolute atomic E-state index is 6.09. The average molecular weight is 261 g/mol. The van der Waals surface area contributed by atoms with Gasteiger partial charge in [0, 0.05) is 4.88 Å². The number of nitrogens with two attached hydrogens (primary N) is 1. The van der Waals surface area contributed by atoms with Gasteiger partial charge in [-0.1, -0.05) is 50.6 Å². The van der Waals surface area contributed by atoms with Gasteiger partial charge in [0.1, 0.15) is 0 Å². The van der Waals surface area contributed by atoms with Gasteiger partial charge in [-0.05, 0) is 17.9 Å². The van der Waals surface area contributed by atoms with Gasteiger partial charge in [-0.3, -0.25) is 11.3 Å². The lowest BCUT2D eigenvalue weighted by atomic mass is 10.1. The van der Waals surface area contributed by atoms with Crippen LogP contribution in [0, 0.1) is 0 Å². The molecule has 0 saturated carbocycles. The van der Waals surface area contributed by atoms with E-state index in [1.165, 1.54) is 37.0 Å². The molecule has 0 aliphatic carbocycles. The molecule has 1 rings (SSSR count). The largest absolute Gasteiger partial charge is 0.271 e. The summed E-state index contributed by atoms with van der Waals surface area (Å²) in [6, 6.07) is 2.15. The van der Waals surface area contributed by atoms with Crippen molar-refractivity contribution < 1.29 is 0 Å². The second kappa shape index (κ2) is 8.07. The molecule has 1 aromatic rings.